The van der Waals surface area contributed by atoms with E-state index in [0.717, 1.165) is 16.8 Å². The average Bonchev–Trinajstić information content (AvgIpc) is 3.11. The molecule has 5 heteroatoms. The molecule has 0 saturated heterocycles. The highest BCUT2D eigenvalue weighted by Gasteiger charge is 2.12. The molecule has 1 N–H and O–H groups in total. The van der Waals surface area contributed by atoms with Gasteiger partial charge in [0.1, 0.15) is 5.52 Å². The Morgan fingerprint density at radius 3 is 2.64 bits per heavy atom. The number of nitrogens with zero attached hydrogens (tertiary/aromatic N) is 2. The standard InChI is InChI=1S/C17H13N3O2/c21-16-11-13(10-12-6-2-1-3-7-12)19-20(16)17-18-14-8-4-5-9-15(14)22-17/h1-9,11,19H,10H2. The van der Waals surface area contributed by atoms with Crippen LogP contribution in [-0.2, 0) is 6.42 Å². The van der Waals surface area contributed by atoms with Gasteiger partial charge < -0.3 is 4.42 Å². The maximum Gasteiger partial charge on any atom is 0.325 e. The van der Waals surface area contributed by atoms with E-state index in [-0.39, 0.29) is 11.6 Å². The van der Waals surface area contributed by atoms with Gasteiger partial charge in [-0.25, -0.2) is 0 Å². The van der Waals surface area contributed by atoms with E-state index in [1.165, 1.54) is 4.68 Å². The fraction of sp³-hybridized carbons (Fsp3) is 0.0588. The molecule has 0 fully saturated rings. The van der Waals surface area contributed by atoms with Crippen molar-refractivity contribution in [3.63, 3.8) is 0 Å². The van der Waals surface area contributed by atoms with Crippen molar-refractivity contribution < 1.29 is 4.42 Å². The smallest absolute Gasteiger partial charge is 0.325 e. The molecular weight excluding hydrogens is 278 g/mol. The van der Waals surface area contributed by atoms with Gasteiger partial charge in [-0.3, -0.25) is 9.89 Å². The summed E-state index contributed by atoms with van der Waals surface area (Å²) in [6.45, 7) is 0. The zero-order chi connectivity index (χ0) is 14.9. The van der Waals surface area contributed by atoms with E-state index >= 15 is 0 Å². The SMILES string of the molecule is O=c1cc(Cc2ccccc2)[nH]n1-c1nc2ccccc2o1. The molecule has 0 bridgehead atoms. The van der Waals surface area contributed by atoms with E-state index in [9.17, 15) is 4.79 Å². The molecule has 0 spiro atoms. The first kappa shape index (κ1) is 12.6. The van der Waals surface area contributed by atoms with Crippen LogP contribution in [0.4, 0.5) is 0 Å². The molecule has 4 aromatic rings. The normalized spacial score (nSPS) is 11.1. The van der Waals surface area contributed by atoms with Crippen LogP contribution in [0.2, 0.25) is 0 Å². The van der Waals surface area contributed by atoms with Crippen molar-refractivity contribution in [2.24, 2.45) is 0 Å². The quantitative estimate of drug-likeness (QED) is 0.631. The molecule has 0 unspecified atom stereocenters. The Hall–Kier alpha value is -3.08. The van der Waals surface area contributed by atoms with Crippen LogP contribution in [0.15, 0.2) is 69.9 Å². The summed E-state index contributed by atoms with van der Waals surface area (Å²) in [7, 11) is 0. The lowest BCUT2D eigenvalue weighted by atomic mass is 10.1. The summed E-state index contributed by atoms with van der Waals surface area (Å²) < 4.78 is 6.95. The summed E-state index contributed by atoms with van der Waals surface area (Å²) in [4.78, 5) is 16.5. The molecule has 0 aliphatic heterocycles. The number of para-hydroxylation sites is 2. The lowest BCUT2D eigenvalue weighted by Gasteiger charge is -1.98. The van der Waals surface area contributed by atoms with Crippen LogP contribution in [0.1, 0.15) is 11.3 Å². The van der Waals surface area contributed by atoms with Crippen molar-refractivity contribution in [3.05, 3.63) is 82.3 Å². The molecule has 0 radical (unpaired) electrons. The molecule has 0 aliphatic rings. The number of nitrogens with one attached hydrogen (secondary N) is 1. The monoisotopic (exact) mass is 291 g/mol. The van der Waals surface area contributed by atoms with Gasteiger partial charge in [0.25, 0.3) is 5.56 Å². The molecule has 0 amide bonds. The highest BCUT2D eigenvalue weighted by Crippen LogP contribution is 2.16. The minimum atomic E-state index is -0.183. The highest BCUT2D eigenvalue weighted by atomic mass is 16.4. The lowest BCUT2D eigenvalue weighted by molar-refractivity contribution is 0.535. The summed E-state index contributed by atoms with van der Waals surface area (Å²) in [6.07, 6.45) is 0.656. The van der Waals surface area contributed by atoms with Crippen molar-refractivity contribution in [2.45, 2.75) is 6.42 Å². The minimum Gasteiger partial charge on any atom is -0.422 e. The first-order chi connectivity index (χ1) is 10.8. The Bertz CT molecular complexity index is 947. The van der Waals surface area contributed by atoms with Crippen molar-refractivity contribution in [1.29, 1.82) is 0 Å². The molecule has 108 valence electrons. The zero-order valence-electron chi connectivity index (χ0n) is 11.7. The number of hydrogen-bond donors (Lipinski definition) is 1. The van der Waals surface area contributed by atoms with Gasteiger partial charge in [-0.1, -0.05) is 42.5 Å². The number of hydrogen-bond acceptors (Lipinski definition) is 3. The summed E-state index contributed by atoms with van der Waals surface area (Å²) in [5, 5.41) is 3.06. The van der Waals surface area contributed by atoms with Gasteiger partial charge in [0.05, 0.1) is 0 Å². The van der Waals surface area contributed by atoms with E-state index < -0.39 is 0 Å². The number of fused-ring (bicyclic) bond motifs is 1. The van der Waals surface area contributed by atoms with Crippen LogP contribution >= 0.6 is 0 Å². The largest absolute Gasteiger partial charge is 0.422 e. The van der Waals surface area contributed by atoms with E-state index in [0.29, 0.717) is 12.0 Å². The van der Waals surface area contributed by atoms with Crippen LogP contribution in [0.25, 0.3) is 17.1 Å². The van der Waals surface area contributed by atoms with Gasteiger partial charge in [-0.05, 0) is 17.7 Å². The first-order valence-electron chi connectivity index (χ1n) is 7.00. The molecule has 22 heavy (non-hydrogen) atoms. The fourth-order valence-electron chi connectivity index (χ4n) is 2.45. The minimum absolute atomic E-state index is 0.183. The first-order valence-corrected chi connectivity index (χ1v) is 7.00. The molecule has 0 saturated carbocycles. The lowest BCUT2D eigenvalue weighted by Crippen LogP contribution is -2.13. The summed E-state index contributed by atoms with van der Waals surface area (Å²) in [5.74, 6) is 0. The highest BCUT2D eigenvalue weighted by molar-refractivity contribution is 5.73. The average molecular weight is 291 g/mol. The van der Waals surface area contributed by atoms with Gasteiger partial charge in [0.15, 0.2) is 5.58 Å². The molecule has 2 aromatic carbocycles. The van der Waals surface area contributed by atoms with Crippen molar-refractivity contribution in [2.75, 3.05) is 0 Å². The molecular formula is C17H13N3O2. The Morgan fingerprint density at radius 2 is 1.82 bits per heavy atom. The third-order valence-electron chi connectivity index (χ3n) is 3.48. The molecule has 5 nitrogen and oxygen atoms in total. The summed E-state index contributed by atoms with van der Waals surface area (Å²) >= 11 is 0. The van der Waals surface area contributed by atoms with Crippen molar-refractivity contribution >= 4 is 11.1 Å². The molecule has 2 aromatic heterocycles. The third-order valence-corrected chi connectivity index (χ3v) is 3.48. The molecule has 2 heterocycles. The second-order valence-corrected chi connectivity index (χ2v) is 5.08. The molecule has 0 atom stereocenters. The van der Waals surface area contributed by atoms with E-state index in [1.54, 1.807) is 6.07 Å². The van der Waals surface area contributed by atoms with E-state index in [1.807, 2.05) is 54.6 Å². The number of aromatic amines is 1. The Morgan fingerprint density at radius 1 is 1.05 bits per heavy atom. The number of benzene rings is 2. The number of oxazole rings is 1. The second-order valence-electron chi connectivity index (χ2n) is 5.08. The second kappa shape index (κ2) is 5.04. The third kappa shape index (κ3) is 2.22. The van der Waals surface area contributed by atoms with Gasteiger partial charge in [-0.2, -0.15) is 9.67 Å². The van der Waals surface area contributed by atoms with Crippen LogP contribution in [0.3, 0.4) is 0 Å². The molecule has 0 aliphatic carbocycles. The van der Waals surface area contributed by atoms with E-state index in [4.69, 9.17) is 4.42 Å². The van der Waals surface area contributed by atoms with Crippen LogP contribution in [-0.4, -0.2) is 14.8 Å². The summed E-state index contributed by atoms with van der Waals surface area (Å²) in [6, 6.07) is 19.2. The van der Waals surface area contributed by atoms with Crippen molar-refractivity contribution in [1.82, 2.24) is 14.8 Å². The van der Waals surface area contributed by atoms with Gasteiger partial charge >= 0.3 is 6.01 Å². The van der Waals surface area contributed by atoms with Crippen LogP contribution in [0, 0.1) is 0 Å². The molecule has 4 rings (SSSR count). The summed E-state index contributed by atoms with van der Waals surface area (Å²) in [5.41, 5.74) is 3.15. The predicted molar refractivity (Wildman–Crippen MR) is 83.2 cm³/mol. The van der Waals surface area contributed by atoms with Crippen LogP contribution < -0.4 is 5.56 Å². The number of H-pyrrole nitrogens is 1. The topological polar surface area (TPSA) is 63.8 Å². The number of aromatic nitrogens is 3. The van der Waals surface area contributed by atoms with E-state index in [2.05, 4.69) is 10.1 Å². The van der Waals surface area contributed by atoms with Gasteiger partial charge in [-0.15, -0.1) is 0 Å². The fourth-order valence-corrected chi connectivity index (χ4v) is 2.45. The van der Waals surface area contributed by atoms with Gasteiger partial charge in [0, 0.05) is 18.2 Å². The van der Waals surface area contributed by atoms with Crippen molar-refractivity contribution in [3.8, 4) is 6.01 Å². The zero-order valence-corrected chi connectivity index (χ0v) is 11.7. The Kier molecular flexibility index (Phi) is 2.89. The maximum atomic E-state index is 12.1. The number of rotatable bonds is 3. The van der Waals surface area contributed by atoms with Gasteiger partial charge in [0.2, 0.25) is 0 Å². The van der Waals surface area contributed by atoms with Crippen LogP contribution in [0.5, 0.6) is 0 Å². The predicted octanol–water partition coefficient (Wildman–Crippen LogP) is 2.90. The maximum absolute atomic E-state index is 12.1. The Balaban J connectivity index is 1.72. The Labute approximate surface area is 125 Å².